The van der Waals surface area contributed by atoms with E-state index in [-0.39, 0.29) is 23.6 Å². The number of rotatable bonds is 8. The molecule has 3 heterocycles. The molecule has 3 aromatic rings. The molecule has 12 heteroatoms. The lowest BCUT2D eigenvalue weighted by atomic mass is 9.96. The molecule has 182 valence electrons. The van der Waals surface area contributed by atoms with Crippen LogP contribution in [0.25, 0.3) is 5.82 Å². The lowest BCUT2D eigenvalue weighted by Crippen LogP contribution is -2.42. The summed E-state index contributed by atoms with van der Waals surface area (Å²) in [6, 6.07) is 8.47. The summed E-state index contributed by atoms with van der Waals surface area (Å²) in [6.07, 6.45) is 5.94. The molecule has 1 saturated heterocycles. The smallest absolute Gasteiger partial charge is 0.251 e. The second-order valence-electron chi connectivity index (χ2n) is 8.14. The standard InChI is InChI=1S/C23H27N9O3/c1-16(33)30-19-4-2-17(3-5-19)22(34)25-8-9-26-23(35)18-6-10-31(11-7-18)20-12-21(28-14-27-20)32-15-24-13-29-32/h2-5,12-15,18H,6-11H2,1H3,(H,25,34)(H,26,35)(H,30,33). The fourth-order valence-electron chi connectivity index (χ4n) is 3.85. The Kier molecular flexibility index (Phi) is 7.60. The maximum absolute atomic E-state index is 12.6. The number of anilines is 2. The molecule has 2 aromatic heterocycles. The van der Waals surface area contributed by atoms with Crippen LogP contribution >= 0.6 is 0 Å². The number of carbonyl (C=O) groups is 3. The van der Waals surface area contributed by atoms with E-state index in [1.807, 2.05) is 6.07 Å². The average Bonchev–Trinajstić information content (AvgIpc) is 3.42. The van der Waals surface area contributed by atoms with Crippen molar-refractivity contribution < 1.29 is 14.4 Å². The maximum atomic E-state index is 12.6. The third-order valence-corrected chi connectivity index (χ3v) is 5.66. The number of hydrogen-bond donors (Lipinski definition) is 3. The van der Waals surface area contributed by atoms with Crippen molar-refractivity contribution in [2.75, 3.05) is 36.4 Å². The summed E-state index contributed by atoms with van der Waals surface area (Å²) in [6.45, 7) is 3.51. The topological polar surface area (TPSA) is 147 Å². The zero-order chi connectivity index (χ0) is 24.6. The van der Waals surface area contributed by atoms with Gasteiger partial charge in [0.15, 0.2) is 5.82 Å². The summed E-state index contributed by atoms with van der Waals surface area (Å²) in [4.78, 5) is 50.5. The molecule has 0 unspecified atom stereocenters. The van der Waals surface area contributed by atoms with Gasteiger partial charge in [-0.2, -0.15) is 5.10 Å². The molecular formula is C23H27N9O3. The van der Waals surface area contributed by atoms with E-state index in [0.29, 0.717) is 56.1 Å². The molecule has 0 atom stereocenters. The number of benzene rings is 1. The molecule has 0 bridgehead atoms. The Morgan fingerprint density at radius 2 is 1.69 bits per heavy atom. The molecule has 35 heavy (non-hydrogen) atoms. The highest BCUT2D eigenvalue weighted by Crippen LogP contribution is 2.22. The second-order valence-corrected chi connectivity index (χ2v) is 8.14. The zero-order valence-corrected chi connectivity index (χ0v) is 19.3. The van der Waals surface area contributed by atoms with Crippen molar-refractivity contribution in [3.05, 3.63) is 54.9 Å². The predicted molar refractivity (Wildman–Crippen MR) is 128 cm³/mol. The van der Waals surface area contributed by atoms with E-state index in [4.69, 9.17) is 0 Å². The number of amides is 3. The van der Waals surface area contributed by atoms with Crippen molar-refractivity contribution in [2.45, 2.75) is 19.8 Å². The highest BCUT2D eigenvalue weighted by atomic mass is 16.2. The second kappa shape index (κ2) is 11.2. The lowest BCUT2D eigenvalue weighted by Gasteiger charge is -2.32. The van der Waals surface area contributed by atoms with Gasteiger partial charge in [0, 0.05) is 56.3 Å². The quantitative estimate of drug-likeness (QED) is 0.403. The van der Waals surface area contributed by atoms with Crippen LogP contribution in [0, 0.1) is 5.92 Å². The van der Waals surface area contributed by atoms with Gasteiger partial charge in [-0.3, -0.25) is 14.4 Å². The Labute approximate surface area is 202 Å². The van der Waals surface area contributed by atoms with Crippen LogP contribution in [0.4, 0.5) is 11.5 Å². The number of hydrogen-bond acceptors (Lipinski definition) is 8. The van der Waals surface area contributed by atoms with E-state index < -0.39 is 0 Å². The zero-order valence-electron chi connectivity index (χ0n) is 19.3. The lowest BCUT2D eigenvalue weighted by molar-refractivity contribution is -0.125. The fraction of sp³-hybridized carbons (Fsp3) is 0.348. The largest absolute Gasteiger partial charge is 0.356 e. The third kappa shape index (κ3) is 6.37. The van der Waals surface area contributed by atoms with Crippen molar-refractivity contribution in [1.29, 1.82) is 0 Å². The van der Waals surface area contributed by atoms with Gasteiger partial charge in [0.25, 0.3) is 5.91 Å². The summed E-state index contributed by atoms with van der Waals surface area (Å²) in [7, 11) is 0. The van der Waals surface area contributed by atoms with Crippen LogP contribution in [0.15, 0.2) is 49.3 Å². The van der Waals surface area contributed by atoms with Crippen molar-refractivity contribution >= 4 is 29.2 Å². The van der Waals surface area contributed by atoms with Crippen LogP contribution in [0.2, 0.25) is 0 Å². The molecule has 12 nitrogen and oxygen atoms in total. The summed E-state index contributed by atoms with van der Waals surface area (Å²) in [5.41, 5.74) is 1.11. The monoisotopic (exact) mass is 477 g/mol. The van der Waals surface area contributed by atoms with Gasteiger partial charge in [0.05, 0.1) is 0 Å². The molecule has 3 N–H and O–H groups in total. The number of carbonyl (C=O) groups excluding carboxylic acids is 3. The van der Waals surface area contributed by atoms with E-state index >= 15 is 0 Å². The van der Waals surface area contributed by atoms with Crippen LogP contribution < -0.4 is 20.9 Å². The summed E-state index contributed by atoms with van der Waals surface area (Å²) < 4.78 is 1.57. The van der Waals surface area contributed by atoms with Gasteiger partial charge < -0.3 is 20.9 Å². The van der Waals surface area contributed by atoms with Crippen LogP contribution in [-0.2, 0) is 9.59 Å². The van der Waals surface area contributed by atoms with Gasteiger partial charge in [-0.1, -0.05) is 0 Å². The van der Waals surface area contributed by atoms with E-state index in [9.17, 15) is 14.4 Å². The molecule has 1 aliphatic heterocycles. The Morgan fingerprint density at radius 3 is 2.37 bits per heavy atom. The van der Waals surface area contributed by atoms with Gasteiger partial charge in [-0.25, -0.2) is 19.6 Å². The third-order valence-electron chi connectivity index (χ3n) is 5.66. The Bertz CT molecular complexity index is 1160. The molecule has 4 rings (SSSR count). The highest BCUT2D eigenvalue weighted by molar-refractivity contribution is 5.95. The first kappa shape index (κ1) is 23.8. The fourth-order valence-corrected chi connectivity index (χ4v) is 3.85. The minimum atomic E-state index is -0.239. The van der Waals surface area contributed by atoms with Gasteiger partial charge in [-0.05, 0) is 37.1 Å². The summed E-state index contributed by atoms with van der Waals surface area (Å²) in [5, 5.41) is 12.4. The molecule has 1 aromatic carbocycles. The van der Waals surface area contributed by atoms with Crippen molar-refractivity contribution in [2.24, 2.45) is 5.92 Å². The SMILES string of the molecule is CC(=O)Nc1ccc(C(=O)NCCNC(=O)C2CCN(c3cc(-n4cncn4)ncn3)CC2)cc1. The van der Waals surface area contributed by atoms with E-state index in [1.165, 1.54) is 19.6 Å². The molecule has 0 spiro atoms. The van der Waals surface area contributed by atoms with Gasteiger partial charge >= 0.3 is 0 Å². The molecule has 1 aliphatic rings. The van der Waals surface area contributed by atoms with E-state index in [2.05, 4.69) is 40.9 Å². The van der Waals surface area contributed by atoms with Crippen LogP contribution in [0.3, 0.4) is 0 Å². The molecule has 0 saturated carbocycles. The van der Waals surface area contributed by atoms with Gasteiger partial charge in [0.1, 0.15) is 24.8 Å². The summed E-state index contributed by atoms with van der Waals surface area (Å²) in [5.74, 6) is 0.923. The van der Waals surface area contributed by atoms with Crippen molar-refractivity contribution in [3.8, 4) is 5.82 Å². The first-order valence-corrected chi connectivity index (χ1v) is 11.3. The van der Waals surface area contributed by atoms with Crippen molar-refractivity contribution in [1.82, 2.24) is 35.4 Å². The average molecular weight is 478 g/mol. The van der Waals surface area contributed by atoms with E-state index in [1.54, 1.807) is 35.3 Å². The molecule has 3 amide bonds. The Morgan fingerprint density at radius 1 is 0.971 bits per heavy atom. The van der Waals surface area contributed by atoms with E-state index in [0.717, 1.165) is 5.82 Å². The molecule has 1 fully saturated rings. The summed E-state index contributed by atoms with van der Waals surface area (Å²) >= 11 is 0. The number of piperidine rings is 1. The normalized spacial score (nSPS) is 13.8. The Hall–Kier alpha value is -4.35. The molecule has 0 aliphatic carbocycles. The minimum Gasteiger partial charge on any atom is -0.356 e. The maximum Gasteiger partial charge on any atom is 0.251 e. The van der Waals surface area contributed by atoms with Crippen molar-refractivity contribution in [3.63, 3.8) is 0 Å². The number of aromatic nitrogens is 5. The highest BCUT2D eigenvalue weighted by Gasteiger charge is 2.25. The molecular weight excluding hydrogens is 450 g/mol. The minimum absolute atomic E-state index is 0.00967. The van der Waals surface area contributed by atoms with Crippen LogP contribution in [0.1, 0.15) is 30.1 Å². The van der Waals surface area contributed by atoms with Gasteiger partial charge in [0.2, 0.25) is 11.8 Å². The first-order chi connectivity index (χ1) is 17.0. The number of nitrogens with one attached hydrogen (secondary N) is 3. The number of nitrogens with zero attached hydrogens (tertiary/aromatic N) is 6. The first-order valence-electron chi connectivity index (χ1n) is 11.3. The van der Waals surface area contributed by atoms with Crippen LogP contribution in [0.5, 0.6) is 0 Å². The predicted octanol–water partition coefficient (Wildman–Crippen LogP) is 0.778. The molecule has 0 radical (unpaired) electrons. The van der Waals surface area contributed by atoms with Gasteiger partial charge in [-0.15, -0.1) is 0 Å². The Balaban J connectivity index is 1.17. The van der Waals surface area contributed by atoms with Crippen LogP contribution in [-0.4, -0.2) is 68.6 Å².